The highest BCUT2D eigenvalue weighted by molar-refractivity contribution is 7.92. The van der Waals surface area contributed by atoms with Crippen LogP contribution in [0.1, 0.15) is 25.0 Å². The highest BCUT2D eigenvalue weighted by Gasteiger charge is 2.34. The minimum Gasteiger partial charge on any atom is -0.497 e. The number of rotatable bonds is 13. The first kappa shape index (κ1) is 31.8. The number of benzene rings is 3. The molecule has 0 fully saturated rings. The molecule has 0 aliphatic heterocycles. The number of nitrogens with zero attached hydrogens (tertiary/aromatic N) is 2. The second kappa shape index (κ2) is 14.2. The number of sulfonamides is 1. The Kier molecular flexibility index (Phi) is 11.0. The molecule has 1 atom stereocenters. The van der Waals surface area contributed by atoms with Crippen molar-refractivity contribution in [3.8, 4) is 11.5 Å². The maximum absolute atomic E-state index is 14.2. The van der Waals surface area contributed by atoms with Crippen LogP contribution in [0.4, 0.5) is 5.69 Å². The summed E-state index contributed by atoms with van der Waals surface area (Å²) in [4.78, 5) is 29.2. The number of carbonyl (C=O) groups excluding carboxylic acids is 2. The zero-order chi connectivity index (χ0) is 30.2. The molecule has 2 amide bonds. The second-order valence-electron chi connectivity index (χ2n) is 9.83. The standard InChI is InChI=1S/C30H36ClN3O6S/c1-21(2)32-30(36)27(17-22-10-7-6-8-11-22)33(19-23-12-9-13-25(16-23)39-3)29(35)20-34(41(5,37)38)26-18-24(31)14-15-28(26)40-4/h6-16,18,21,27H,17,19-20H2,1-5H3,(H,32,36)/t27-/m0/s1. The van der Waals surface area contributed by atoms with Crippen LogP contribution in [0.2, 0.25) is 5.02 Å². The fourth-order valence-electron chi connectivity index (χ4n) is 4.35. The zero-order valence-corrected chi connectivity index (χ0v) is 25.4. The lowest BCUT2D eigenvalue weighted by atomic mass is 10.0. The van der Waals surface area contributed by atoms with E-state index in [1.54, 1.807) is 31.4 Å². The molecule has 3 aromatic carbocycles. The Morgan fingerprint density at radius 2 is 1.61 bits per heavy atom. The van der Waals surface area contributed by atoms with E-state index in [9.17, 15) is 18.0 Å². The maximum atomic E-state index is 14.2. The van der Waals surface area contributed by atoms with Crippen molar-refractivity contribution < 1.29 is 27.5 Å². The third-order valence-corrected chi connectivity index (χ3v) is 7.64. The van der Waals surface area contributed by atoms with Gasteiger partial charge in [-0.3, -0.25) is 13.9 Å². The lowest BCUT2D eigenvalue weighted by Gasteiger charge is -2.34. The predicted octanol–water partition coefficient (Wildman–Crippen LogP) is 4.29. The smallest absolute Gasteiger partial charge is 0.244 e. The Morgan fingerprint density at radius 1 is 0.927 bits per heavy atom. The van der Waals surface area contributed by atoms with Crippen LogP contribution >= 0.6 is 11.6 Å². The highest BCUT2D eigenvalue weighted by atomic mass is 35.5. The van der Waals surface area contributed by atoms with Gasteiger partial charge in [-0.2, -0.15) is 0 Å². The van der Waals surface area contributed by atoms with Crippen LogP contribution in [0.15, 0.2) is 72.8 Å². The van der Waals surface area contributed by atoms with Gasteiger partial charge in [0.05, 0.1) is 26.2 Å². The molecule has 41 heavy (non-hydrogen) atoms. The molecule has 3 aromatic rings. The van der Waals surface area contributed by atoms with Crippen LogP contribution in [0.5, 0.6) is 11.5 Å². The second-order valence-corrected chi connectivity index (χ2v) is 12.2. The number of methoxy groups -OCH3 is 2. The summed E-state index contributed by atoms with van der Waals surface area (Å²) in [5.41, 5.74) is 1.67. The average molecular weight is 602 g/mol. The van der Waals surface area contributed by atoms with Crippen molar-refractivity contribution in [1.29, 1.82) is 0 Å². The zero-order valence-electron chi connectivity index (χ0n) is 23.8. The minimum atomic E-state index is -3.98. The van der Waals surface area contributed by atoms with Crippen LogP contribution in [0, 0.1) is 0 Å². The van der Waals surface area contributed by atoms with Gasteiger partial charge in [0, 0.05) is 24.0 Å². The largest absolute Gasteiger partial charge is 0.497 e. The maximum Gasteiger partial charge on any atom is 0.244 e. The van der Waals surface area contributed by atoms with E-state index in [1.807, 2.05) is 50.2 Å². The number of hydrogen-bond acceptors (Lipinski definition) is 6. The van der Waals surface area contributed by atoms with E-state index in [0.717, 1.165) is 16.1 Å². The molecule has 0 unspecified atom stereocenters. The molecule has 3 rings (SSSR count). The van der Waals surface area contributed by atoms with Crippen molar-refractivity contribution in [3.05, 3.63) is 88.9 Å². The molecule has 0 radical (unpaired) electrons. The van der Waals surface area contributed by atoms with Crippen molar-refractivity contribution in [2.75, 3.05) is 31.3 Å². The van der Waals surface area contributed by atoms with E-state index in [-0.39, 0.29) is 41.4 Å². The number of ether oxygens (including phenoxy) is 2. The summed E-state index contributed by atoms with van der Waals surface area (Å²) >= 11 is 6.20. The third-order valence-electron chi connectivity index (χ3n) is 6.28. The first-order valence-electron chi connectivity index (χ1n) is 13.0. The fourth-order valence-corrected chi connectivity index (χ4v) is 5.37. The molecule has 0 aromatic heterocycles. The topological polar surface area (TPSA) is 105 Å². The quantitative estimate of drug-likeness (QED) is 0.313. The number of amides is 2. The monoisotopic (exact) mass is 601 g/mol. The molecule has 11 heteroatoms. The number of halogens is 1. The Bertz CT molecular complexity index is 1450. The molecular weight excluding hydrogens is 566 g/mol. The molecule has 0 saturated carbocycles. The van der Waals surface area contributed by atoms with E-state index in [0.29, 0.717) is 11.3 Å². The molecule has 9 nitrogen and oxygen atoms in total. The first-order valence-corrected chi connectivity index (χ1v) is 15.2. The Morgan fingerprint density at radius 3 is 2.22 bits per heavy atom. The van der Waals surface area contributed by atoms with Crippen LogP contribution in [0.25, 0.3) is 0 Å². The molecule has 0 saturated heterocycles. The van der Waals surface area contributed by atoms with Crippen molar-refractivity contribution in [2.24, 2.45) is 0 Å². The van der Waals surface area contributed by atoms with Crippen LogP contribution in [-0.2, 0) is 32.6 Å². The van der Waals surface area contributed by atoms with Crippen LogP contribution in [-0.4, -0.2) is 64.2 Å². The molecule has 1 N–H and O–H groups in total. The highest BCUT2D eigenvalue weighted by Crippen LogP contribution is 2.33. The van der Waals surface area contributed by atoms with Gasteiger partial charge in [-0.1, -0.05) is 54.1 Å². The van der Waals surface area contributed by atoms with E-state index in [4.69, 9.17) is 21.1 Å². The normalized spacial score (nSPS) is 12.0. The van der Waals surface area contributed by atoms with E-state index >= 15 is 0 Å². The minimum absolute atomic E-state index is 0.0311. The Labute approximate surface area is 247 Å². The molecule has 0 spiro atoms. The van der Waals surface area contributed by atoms with Gasteiger partial charge in [-0.05, 0) is 55.3 Å². The fraction of sp³-hybridized carbons (Fsp3) is 0.333. The van der Waals surface area contributed by atoms with Crippen LogP contribution < -0.4 is 19.1 Å². The molecule has 220 valence electrons. The summed E-state index contributed by atoms with van der Waals surface area (Å²) in [6, 6.07) is 19.9. The summed E-state index contributed by atoms with van der Waals surface area (Å²) < 4.78 is 37.7. The van der Waals surface area contributed by atoms with Crippen molar-refractivity contribution >= 4 is 39.1 Å². The van der Waals surface area contributed by atoms with Gasteiger partial charge >= 0.3 is 0 Å². The van der Waals surface area contributed by atoms with E-state index < -0.39 is 28.5 Å². The third kappa shape index (κ3) is 8.86. The SMILES string of the molecule is COc1cccc(CN(C(=O)CN(c2cc(Cl)ccc2OC)S(C)(=O)=O)[C@@H](Cc2ccccc2)C(=O)NC(C)C)c1. The van der Waals surface area contributed by atoms with Gasteiger partial charge in [-0.15, -0.1) is 0 Å². The van der Waals surface area contributed by atoms with Gasteiger partial charge in [-0.25, -0.2) is 8.42 Å². The molecular formula is C30H36ClN3O6S. The molecule has 0 heterocycles. The number of anilines is 1. The van der Waals surface area contributed by atoms with E-state index in [1.165, 1.54) is 24.1 Å². The summed E-state index contributed by atoms with van der Waals surface area (Å²) in [6.45, 7) is 3.12. The van der Waals surface area contributed by atoms with Crippen LogP contribution in [0.3, 0.4) is 0 Å². The van der Waals surface area contributed by atoms with Gasteiger partial charge in [0.2, 0.25) is 21.8 Å². The predicted molar refractivity (Wildman–Crippen MR) is 161 cm³/mol. The Balaban J connectivity index is 2.11. The molecule has 0 aliphatic carbocycles. The summed E-state index contributed by atoms with van der Waals surface area (Å²) in [7, 11) is -1.04. The Hall–Kier alpha value is -3.76. The van der Waals surface area contributed by atoms with E-state index in [2.05, 4.69) is 5.32 Å². The number of hydrogen-bond donors (Lipinski definition) is 1. The van der Waals surface area contributed by atoms with Crippen molar-refractivity contribution in [1.82, 2.24) is 10.2 Å². The first-order chi connectivity index (χ1) is 19.4. The van der Waals surface area contributed by atoms with Gasteiger partial charge in [0.1, 0.15) is 24.1 Å². The average Bonchev–Trinajstić information content (AvgIpc) is 2.93. The molecule has 0 aliphatic rings. The number of carbonyl (C=O) groups is 2. The van der Waals surface area contributed by atoms with Crippen molar-refractivity contribution in [2.45, 2.75) is 38.9 Å². The summed E-state index contributed by atoms with van der Waals surface area (Å²) in [5.74, 6) is -0.126. The summed E-state index contributed by atoms with van der Waals surface area (Å²) in [6.07, 6.45) is 1.22. The lowest BCUT2D eigenvalue weighted by molar-refractivity contribution is -0.140. The van der Waals surface area contributed by atoms with Crippen molar-refractivity contribution in [3.63, 3.8) is 0 Å². The van der Waals surface area contributed by atoms with Gasteiger partial charge in [0.15, 0.2) is 0 Å². The van der Waals surface area contributed by atoms with Gasteiger partial charge in [0.25, 0.3) is 0 Å². The molecule has 0 bridgehead atoms. The van der Waals surface area contributed by atoms with Gasteiger partial charge < -0.3 is 19.7 Å². The lowest BCUT2D eigenvalue weighted by Crippen LogP contribution is -2.54. The summed E-state index contributed by atoms with van der Waals surface area (Å²) in [5, 5.41) is 3.19. The number of nitrogens with one attached hydrogen (secondary N) is 1.